The number of hydrogen-bond donors (Lipinski definition) is 0. The molecule has 0 aromatic heterocycles. The molecule has 5 heteroatoms. The van der Waals surface area contributed by atoms with Gasteiger partial charge in [0.15, 0.2) is 0 Å². The van der Waals surface area contributed by atoms with Crippen molar-refractivity contribution in [2.45, 2.75) is 18.7 Å². The molecule has 0 radical (unpaired) electrons. The van der Waals surface area contributed by atoms with Gasteiger partial charge in [-0.05, 0) is 31.5 Å². The number of nitro groups is 1. The SMILES string of the molecule is Cc1ccccc1SOc1cccc(C)c1[N+](=O)[O-]. The minimum absolute atomic E-state index is 0.0172. The molecule has 2 aromatic rings. The molecule has 0 N–H and O–H groups in total. The summed E-state index contributed by atoms with van der Waals surface area (Å²) in [6.45, 7) is 3.67. The van der Waals surface area contributed by atoms with Crippen LogP contribution in [-0.4, -0.2) is 4.92 Å². The van der Waals surface area contributed by atoms with E-state index in [0.717, 1.165) is 22.5 Å². The van der Waals surface area contributed by atoms with Gasteiger partial charge in [0.05, 0.1) is 21.9 Å². The molecule has 0 aliphatic rings. The molecule has 0 bridgehead atoms. The summed E-state index contributed by atoms with van der Waals surface area (Å²) in [6, 6.07) is 12.8. The number of hydrogen-bond acceptors (Lipinski definition) is 4. The molecule has 0 aliphatic carbocycles. The largest absolute Gasteiger partial charge is 0.413 e. The maximum Gasteiger partial charge on any atom is 0.315 e. The minimum Gasteiger partial charge on any atom is -0.413 e. The Morgan fingerprint density at radius 1 is 1.05 bits per heavy atom. The topological polar surface area (TPSA) is 52.4 Å². The molecular weight excluding hydrogens is 262 g/mol. The lowest BCUT2D eigenvalue weighted by molar-refractivity contribution is -0.386. The molecule has 0 heterocycles. The van der Waals surface area contributed by atoms with E-state index in [1.807, 2.05) is 31.2 Å². The fourth-order valence-electron chi connectivity index (χ4n) is 1.67. The van der Waals surface area contributed by atoms with Gasteiger partial charge >= 0.3 is 5.69 Å². The molecule has 0 atom stereocenters. The number of benzene rings is 2. The molecule has 0 unspecified atom stereocenters. The number of nitro benzene ring substituents is 1. The summed E-state index contributed by atoms with van der Waals surface area (Å²) < 4.78 is 5.52. The average molecular weight is 275 g/mol. The van der Waals surface area contributed by atoms with Gasteiger partial charge < -0.3 is 4.18 Å². The van der Waals surface area contributed by atoms with Gasteiger partial charge in [0.25, 0.3) is 0 Å². The highest BCUT2D eigenvalue weighted by atomic mass is 32.2. The maximum absolute atomic E-state index is 11.0. The standard InChI is InChI=1S/C14H13NO3S/c1-10-6-3-4-9-13(10)19-18-12-8-5-7-11(2)14(12)15(16)17/h3-9H,1-2H3. The van der Waals surface area contributed by atoms with Crippen molar-refractivity contribution >= 4 is 17.7 Å². The van der Waals surface area contributed by atoms with Gasteiger partial charge in [-0.25, -0.2) is 0 Å². The zero-order chi connectivity index (χ0) is 13.8. The predicted octanol–water partition coefficient (Wildman–Crippen LogP) is 4.30. The molecule has 4 nitrogen and oxygen atoms in total. The molecule has 19 heavy (non-hydrogen) atoms. The first-order valence-electron chi connectivity index (χ1n) is 5.74. The molecule has 0 fully saturated rings. The van der Waals surface area contributed by atoms with Crippen LogP contribution >= 0.6 is 12.0 Å². The highest BCUT2D eigenvalue weighted by Crippen LogP contribution is 2.34. The summed E-state index contributed by atoms with van der Waals surface area (Å²) in [5, 5.41) is 11.0. The first-order valence-corrected chi connectivity index (χ1v) is 6.48. The van der Waals surface area contributed by atoms with Crippen molar-refractivity contribution in [3.63, 3.8) is 0 Å². The van der Waals surface area contributed by atoms with E-state index in [2.05, 4.69) is 0 Å². The first kappa shape index (κ1) is 13.4. The van der Waals surface area contributed by atoms with Gasteiger partial charge in [0, 0.05) is 5.56 Å². The van der Waals surface area contributed by atoms with Crippen LogP contribution in [0, 0.1) is 24.0 Å². The van der Waals surface area contributed by atoms with E-state index in [0.29, 0.717) is 5.56 Å². The van der Waals surface area contributed by atoms with Gasteiger partial charge in [-0.3, -0.25) is 10.1 Å². The summed E-state index contributed by atoms with van der Waals surface area (Å²) in [6.07, 6.45) is 0. The van der Waals surface area contributed by atoms with Crippen LogP contribution in [-0.2, 0) is 0 Å². The molecule has 0 saturated carbocycles. The summed E-state index contributed by atoms with van der Waals surface area (Å²) in [5.74, 6) is 0.276. The molecule has 2 aromatic carbocycles. The van der Waals surface area contributed by atoms with Gasteiger partial charge in [0.2, 0.25) is 5.75 Å². The molecule has 98 valence electrons. The van der Waals surface area contributed by atoms with E-state index in [1.165, 1.54) is 0 Å². The first-order chi connectivity index (χ1) is 9.09. The van der Waals surface area contributed by atoms with Gasteiger partial charge in [-0.15, -0.1) is 0 Å². The number of aryl methyl sites for hydroxylation is 2. The van der Waals surface area contributed by atoms with E-state index >= 15 is 0 Å². The van der Waals surface area contributed by atoms with Crippen LogP contribution in [0.2, 0.25) is 0 Å². The molecular formula is C14H13NO3S. The Labute approximate surface area is 115 Å². The summed E-state index contributed by atoms with van der Waals surface area (Å²) in [5.41, 5.74) is 1.68. The van der Waals surface area contributed by atoms with E-state index in [4.69, 9.17) is 4.18 Å². The normalized spacial score (nSPS) is 10.2. The summed E-state index contributed by atoms with van der Waals surface area (Å²) in [7, 11) is 0. The van der Waals surface area contributed by atoms with Crippen molar-refractivity contribution in [2.75, 3.05) is 0 Å². The van der Waals surface area contributed by atoms with Crippen LogP contribution in [0.3, 0.4) is 0 Å². The van der Waals surface area contributed by atoms with Crippen LogP contribution in [0.4, 0.5) is 5.69 Å². The molecule has 0 amide bonds. The van der Waals surface area contributed by atoms with Crippen molar-refractivity contribution < 1.29 is 9.11 Å². The Bertz CT molecular complexity index is 613. The molecule has 0 aliphatic heterocycles. The summed E-state index contributed by atoms with van der Waals surface area (Å²) in [4.78, 5) is 11.6. The Morgan fingerprint density at radius 2 is 1.74 bits per heavy atom. The molecule has 0 saturated heterocycles. The zero-order valence-electron chi connectivity index (χ0n) is 10.6. The van der Waals surface area contributed by atoms with Crippen LogP contribution < -0.4 is 4.18 Å². The van der Waals surface area contributed by atoms with Gasteiger partial charge in [0.1, 0.15) is 0 Å². The van der Waals surface area contributed by atoms with Crippen molar-refractivity contribution in [1.29, 1.82) is 0 Å². The Kier molecular flexibility index (Phi) is 4.06. The Hall–Kier alpha value is -2.01. The smallest absolute Gasteiger partial charge is 0.315 e. The second-order valence-electron chi connectivity index (χ2n) is 4.11. The monoisotopic (exact) mass is 275 g/mol. The van der Waals surface area contributed by atoms with Crippen LogP contribution in [0.1, 0.15) is 11.1 Å². The minimum atomic E-state index is -0.414. The van der Waals surface area contributed by atoms with Gasteiger partial charge in [-0.2, -0.15) is 0 Å². The highest BCUT2D eigenvalue weighted by molar-refractivity contribution is 7.95. The third kappa shape index (κ3) is 3.06. The van der Waals surface area contributed by atoms with Crippen molar-refractivity contribution in [3.8, 4) is 5.75 Å². The van der Waals surface area contributed by atoms with Gasteiger partial charge in [-0.1, -0.05) is 30.3 Å². The predicted molar refractivity (Wildman–Crippen MR) is 75.5 cm³/mol. The van der Waals surface area contributed by atoms with E-state index in [9.17, 15) is 10.1 Å². The zero-order valence-corrected chi connectivity index (χ0v) is 11.4. The fourth-order valence-corrected chi connectivity index (χ4v) is 2.32. The number of para-hydroxylation sites is 1. The number of nitrogens with zero attached hydrogens (tertiary/aromatic N) is 1. The molecule has 2 rings (SSSR count). The van der Waals surface area contributed by atoms with E-state index in [-0.39, 0.29) is 11.4 Å². The number of rotatable bonds is 4. The lowest BCUT2D eigenvalue weighted by Gasteiger charge is -2.07. The van der Waals surface area contributed by atoms with Crippen molar-refractivity contribution in [1.82, 2.24) is 0 Å². The lowest BCUT2D eigenvalue weighted by atomic mass is 10.2. The fraction of sp³-hybridized carbons (Fsp3) is 0.143. The van der Waals surface area contributed by atoms with Crippen molar-refractivity contribution in [2.24, 2.45) is 0 Å². The van der Waals surface area contributed by atoms with E-state index in [1.54, 1.807) is 25.1 Å². The highest BCUT2D eigenvalue weighted by Gasteiger charge is 2.18. The molecule has 0 spiro atoms. The second kappa shape index (κ2) is 5.75. The quantitative estimate of drug-likeness (QED) is 0.474. The summed E-state index contributed by atoms with van der Waals surface area (Å²) >= 11 is 1.14. The second-order valence-corrected chi connectivity index (χ2v) is 4.88. The van der Waals surface area contributed by atoms with Crippen LogP contribution in [0.5, 0.6) is 5.75 Å². The average Bonchev–Trinajstić information content (AvgIpc) is 2.37. The van der Waals surface area contributed by atoms with Crippen LogP contribution in [0.25, 0.3) is 0 Å². The third-order valence-corrected chi connectivity index (χ3v) is 3.60. The van der Waals surface area contributed by atoms with Crippen LogP contribution in [0.15, 0.2) is 47.4 Å². The van der Waals surface area contributed by atoms with Crippen molar-refractivity contribution in [3.05, 3.63) is 63.7 Å². The van der Waals surface area contributed by atoms with E-state index < -0.39 is 4.92 Å². The Morgan fingerprint density at radius 3 is 2.42 bits per heavy atom. The Balaban J connectivity index is 2.23. The maximum atomic E-state index is 11.0. The third-order valence-electron chi connectivity index (χ3n) is 2.70. The lowest BCUT2D eigenvalue weighted by Crippen LogP contribution is -1.95.